The fourth-order valence-electron chi connectivity index (χ4n) is 3.65. The van der Waals surface area contributed by atoms with Crippen LogP contribution < -0.4 is 0 Å². The summed E-state index contributed by atoms with van der Waals surface area (Å²) < 4.78 is 0. The van der Waals surface area contributed by atoms with Gasteiger partial charge in [0, 0.05) is 0 Å². The van der Waals surface area contributed by atoms with E-state index in [1.54, 1.807) is 0 Å². The van der Waals surface area contributed by atoms with Gasteiger partial charge < -0.3 is 5.11 Å². The largest absolute Gasteiger partial charge is 0.384 e. The van der Waals surface area contributed by atoms with Gasteiger partial charge in [0.1, 0.15) is 6.10 Å². The fraction of sp³-hybridized carbons (Fsp3) is 0.400. The SMILES string of the molecule is OC(c1ccc(C2CCC2)cc1)c1ccc2c(c1)CCC2. The van der Waals surface area contributed by atoms with Crippen LogP contribution in [0.5, 0.6) is 0 Å². The predicted octanol–water partition coefficient (Wildman–Crippen LogP) is 4.52. The van der Waals surface area contributed by atoms with Gasteiger partial charge >= 0.3 is 0 Å². The van der Waals surface area contributed by atoms with Crippen molar-refractivity contribution in [3.05, 3.63) is 70.3 Å². The van der Waals surface area contributed by atoms with Crippen molar-refractivity contribution in [3.63, 3.8) is 0 Å². The highest BCUT2D eigenvalue weighted by atomic mass is 16.3. The number of benzene rings is 2. The van der Waals surface area contributed by atoms with Gasteiger partial charge in [0.15, 0.2) is 0 Å². The van der Waals surface area contributed by atoms with E-state index in [4.69, 9.17) is 0 Å². The monoisotopic (exact) mass is 278 g/mol. The topological polar surface area (TPSA) is 20.2 Å². The predicted molar refractivity (Wildman–Crippen MR) is 85.6 cm³/mol. The Balaban J connectivity index is 1.57. The zero-order valence-electron chi connectivity index (χ0n) is 12.4. The Hall–Kier alpha value is -1.60. The fourth-order valence-corrected chi connectivity index (χ4v) is 3.65. The van der Waals surface area contributed by atoms with Gasteiger partial charge in [-0.3, -0.25) is 0 Å². The molecule has 1 saturated carbocycles. The lowest BCUT2D eigenvalue weighted by atomic mass is 9.80. The Morgan fingerprint density at radius 2 is 1.52 bits per heavy atom. The first-order valence-corrected chi connectivity index (χ1v) is 8.21. The van der Waals surface area contributed by atoms with Crippen LogP contribution in [0.25, 0.3) is 0 Å². The minimum Gasteiger partial charge on any atom is -0.384 e. The first-order valence-electron chi connectivity index (χ1n) is 8.21. The molecule has 0 bridgehead atoms. The Morgan fingerprint density at radius 1 is 0.810 bits per heavy atom. The Bertz CT molecular complexity index is 637. The molecule has 0 amide bonds. The van der Waals surface area contributed by atoms with E-state index in [0.29, 0.717) is 0 Å². The number of aliphatic hydroxyl groups is 1. The molecule has 1 heteroatoms. The van der Waals surface area contributed by atoms with Gasteiger partial charge in [-0.25, -0.2) is 0 Å². The molecule has 1 N–H and O–H groups in total. The van der Waals surface area contributed by atoms with Crippen LogP contribution in [0, 0.1) is 0 Å². The third kappa shape index (κ3) is 2.40. The second-order valence-electron chi connectivity index (χ2n) is 6.58. The minimum absolute atomic E-state index is 0.494. The third-order valence-corrected chi connectivity index (χ3v) is 5.27. The van der Waals surface area contributed by atoms with Gasteiger partial charge in [0.25, 0.3) is 0 Å². The Labute approximate surface area is 126 Å². The summed E-state index contributed by atoms with van der Waals surface area (Å²) in [6, 6.07) is 15.1. The first-order chi connectivity index (χ1) is 10.3. The number of rotatable bonds is 3. The van der Waals surface area contributed by atoms with Crippen molar-refractivity contribution >= 4 is 0 Å². The van der Waals surface area contributed by atoms with Gasteiger partial charge in [0.2, 0.25) is 0 Å². The number of hydrogen-bond acceptors (Lipinski definition) is 1. The lowest BCUT2D eigenvalue weighted by molar-refractivity contribution is 0.220. The normalized spacial score (nSPS) is 19.1. The van der Waals surface area contributed by atoms with Crippen molar-refractivity contribution in [2.24, 2.45) is 0 Å². The number of fused-ring (bicyclic) bond motifs is 1. The lowest BCUT2D eigenvalue weighted by Crippen LogP contribution is -2.09. The molecule has 2 aliphatic carbocycles. The van der Waals surface area contributed by atoms with Crippen LogP contribution in [0.15, 0.2) is 42.5 Å². The molecular formula is C20H22O. The van der Waals surface area contributed by atoms with Crippen molar-refractivity contribution in [1.29, 1.82) is 0 Å². The first kappa shape index (κ1) is 13.1. The maximum Gasteiger partial charge on any atom is 0.104 e. The Morgan fingerprint density at radius 3 is 2.24 bits per heavy atom. The number of aryl methyl sites for hydroxylation is 2. The van der Waals surface area contributed by atoms with Gasteiger partial charge in [-0.05, 0) is 65.8 Å². The molecule has 1 unspecified atom stereocenters. The molecule has 0 aromatic heterocycles. The van der Waals surface area contributed by atoms with E-state index >= 15 is 0 Å². The lowest BCUT2D eigenvalue weighted by Gasteiger charge is -2.26. The van der Waals surface area contributed by atoms with Crippen molar-refractivity contribution < 1.29 is 5.11 Å². The van der Waals surface area contributed by atoms with Crippen LogP contribution >= 0.6 is 0 Å². The van der Waals surface area contributed by atoms with E-state index in [0.717, 1.165) is 23.5 Å². The van der Waals surface area contributed by atoms with E-state index in [2.05, 4.69) is 42.5 Å². The van der Waals surface area contributed by atoms with E-state index in [1.807, 2.05) is 0 Å². The Kier molecular flexibility index (Phi) is 3.31. The summed E-state index contributed by atoms with van der Waals surface area (Å²) in [4.78, 5) is 0. The molecule has 2 aromatic carbocycles. The van der Waals surface area contributed by atoms with E-state index in [-0.39, 0.29) is 0 Å². The molecule has 21 heavy (non-hydrogen) atoms. The smallest absolute Gasteiger partial charge is 0.104 e. The molecule has 1 nitrogen and oxygen atoms in total. The molecule has 0 heterocycles. The van der Waals surface area contributed by atoms with Crippen molar-refractivity contribution in [2.45, 2.75) is 50.5 Å². The standard InChI is InChI=1S/C20H22O/c21-20(19-12-9-15-5-2-6-18(15)13-19)17-10-7-16(8-11-17)14-3-1-4-14/h7-14,20-21H,1-6H2. The summed E-state index contributed by atoms with van der Waals surface area (Å²) in [7, 11) is 0. The highest BCUT2D eigenvalue weighted by molar-refractivity contribution is 5.40. The molecule has 0 saturated heterocycles. The molecule has 0 aliphatic heterocycles. The molecule has 0 radical (unpaired) electrons. The second-order valence-corrected chi connectivity index (χ2v) is 6.58. The van der Waals surface area contributed by atoms with E-state index in [9.17, 15) is 5.11 Å². The number of hydrogen-bond donors (Lipinski definition) is 1. The van der Waals surface area contributed by atoms with Crippen LogP contribution in [0.1, 0.15) is 65.5 Å². The summed E-state index contributed by atoms with van der Waals surface area (Å²) in [5.41, 5.74) is 6.37. The van der Waals surface area contributed by atoms with E-state index < -0.39 is 6.10 Å². The second kappa shape index (κ2) is 5.31. The molecule has 4 rings (SSSR count). The van der Waals surface area contributed by atoms with Crippen molar-refractivity contribution in [1.82, 2.24) is 0 Å². The maximum absolute atomic E-state index is 10.6. The van der Waals surface area contributed by atoms with Crippen LogP contribution in [0.4, 0.5) is 0 Å². The molecule has 2 aliphatic rings. The quantitative estimate of drug-likeness (QED) is 0.875. The van der Waals surface area contributed by atoms with Crippen LogP contribution in [0.3, 0.4) is 0 Å². The molecule has 2 aromatic rings. The summed E-state index contributed by atoms with van der Waals surface area (Å²) >= 11 is 0. The molecular weight excluding hydrogens is 256 g/mol. The maximum atomic E-state index is 10.6. The summed E-state index contributed by atoms with van der Waals surface area (Å²) in [5, 5.41) is 10.6. The molecule has 108 valence electrons. The van der Waals surface area contributed by atoms with Gasteiger partial charge in [-0.15, -0.1) is 0 Å². The van der Waals surface area contributed by atoms with Gasteiger partial charge in [-0.1, -0.05) is 48.9 Å². The summed E-state index contributed by atoms with van der Waals surface area (Å²) in [6.07, 6.45) is 7.14. The third-order valence-electron chi connectivity index (χ3n) is 5.27. The molecule has 1 fully saturated rings. The van der Waals surface area contributed by atoms with Gasteiger partial charge in [-0.2, -0.15) is 0 Å². The van der Waals surface area contributed by atoms with Crippen molar-refractivity contribution in [2.75, 3.05) is 0 Å². The zero-order chi connectivity index (χ0) is 14.2. The highest BCUT2D eigenvalue weighted by Crippen LogP contribution is 2.37. The average molecular weight is 278 g/mol. The molecule has 1 atom stereocenters. The van der Waals surface area contributed by atoms with Crippen LogP contribution in [0.2, 0.25) is 0 Å². The van der Waals surface area contributed by atoms with Crippen molar-refractivity contribution in [3.8, 4) is 0 Å². The summed E-state index contributed by atoms with van der Waals surface area (Å²) in [5.74, 6) is 0.760. The highest BCUT2D eigenvalue weighted by Gasteiger charge is 2.20. The summed E-state index contributed by atoms with van der Waals surface area (Å²) in [6.45, 7) is 0. The average Bonchev–Trinajstić information content (AvgIpc) is 2.93. The van der Waals surface area contributed by atoms with Gasteiger partial charge in [0.05, 0.1) is 0 Å². The van der Waals surface area contributed by atoms with E-state index in [1.165, 1.54) is 48.8 Å². The van der Waals surface area contributed by atoms with Crippen LogP contribution in [-0.2, 0) is 12.8 Å². The zero-order valence-corrected chi connectivity index (χ0v) is 12.4. The minimum atomic E-state index is -0.494. The molecule has 0 spiro atoms. The van der Waals surface area contributed by atoms with Crippen LogP contribution in [-0.4, -0.2) is 5.11 Å². The number of aliphatic hydroxyl groups excluding tert-OH is 1.